The SMILES string of the molecule is CCCc1nn(C)c(C(N)=O)c1NO. The lowest BCUT2D eigenvalue weighted by atomic mass is 10.2. The molecule has 4 N–H and O–H groups in total. The Morgan fingerprint density at radius 2 is 2.36 bits per heavy atom. The van der Waals surface area contributed by atoms with E-state index in [0.29, 0.717) is 17.8 Å². The van der Waals surface area contributed by atoms with Crippen molar-refractivity contribution in [1.29, 1.82) is 0 Å². The van der Waals surface area contributed by atoms with E-state index in [-0.39, 0.29) is 5.69 Å². The topological polar surface area (TPSA) is 93.2 Å². The van der Waals surface area contributed by atoms with Crippen molar-refractivity contribution in [2.24, 2.45) is 12.8 Å². The zero-order chi connectivity index (χ0) is 10.7. The van der Waals surface area contributed by atoms with Gasteiger partial charge < -0.3 is 5.73 Å². The minimum absolute atomic E-state index is 0.191. The van der Waals surface area contributed by atoms with Gasteiger partial charge in [-0.3, -0.25) is 20.2 Å². The fraction of sp³-hybridized carbons (Fsp3) is 0.500. The third-order valence-corrected chi connectivity index (χ3v) is 1.95. The number of aryl methyl sites for hydroxylation is 2. The molecule has 78 valence electrons. The predicted molar refractivity (Wildman–Crippen MR) is 51.1 cm³/mol. The van der Waals surface area contributed by atoms with Gasteiger partial charge in [-0.15, -0.1) is 0 Å². The molecule has 0 atom stereocenters. The van der Waals surface area contributed by atoms with Gasteiger partial charge in [0.2, 0.25) is 0 Å². The first-order chi connectivity index (χ1) is 6.61. The summed E-state index contributed by atoms with van der Waals surface area (Å²) in [5.41, 5.74) is 8.26. The van der Waals surface area contributed by atoms with Crippen LogP contribution in [-0.4, -0.2) is 20.9 Å². The first-order valence-corrected chi connectivity index (χ1v) is 4.37. The Balaban J connectivity index is 3.21. The number of hydrogen-bond acceptors (Lipinski definition) is 4. The zero-order valence-electron chi connectivity index (χ0n) is 8.24. The third kappa shape index (κ3) is 1.69. The number of nitrogens with two attached hydrogens (primary N) is 1. The van der Waals surface area contributed by atoms with Crippen LogP contribution in [0.5, 0.6) is 0 Å². The standard InChI is InChI=1S/C8H14N4O2/c1-3-4-5-6(11-14)7(8(9)13)12(2)10-5/h11,14H,3-4H2,1-2H3,(H2,9,13). The number of nitrogens with one attached hydrogen (secondary N) is 1. The highest BCUT2D eigenvalue weighted by Gasteiger charge is 2.18. The molecule has 6 heteroatoms. The summed E-state index contributed by atoms with van der Waals surface area (Å²) in [5, 5.41) is 13.0. The summed E-state index contributed by atoms with van der Waals surface area (Å²) < 4.78 is 1.37. The molecule has 0 saturated heterocycles. The average Bonchev–Trinajstić information content (AvgIpc) is 2.42. The van der Waals surface area contributed by atoms with Gasteiger partial charge in [-0.05, 0) is 6.42 Å². The number of amides is 1. The Labute approximate surface area is 81.7 Å². The molecule has 6 nitrogen and oxygen atoms in total. The van der Waals surface area contributed by atoms with Crippen LogP contribution in [0, 0.1) is 0 Å². The predicted octanol–water partition coefficient (Wildman–Crippen LogP) is 0.273. The second kappa shape index (κ2) is 4.10. The number of carbonyl (C=O) groups excluding carboxylic acids is 1. The second-order valence-corrected chi connectivity index (χ2v) is 3.02. The highest BCUT2D eigenvalue weighted by atomic mass is 16.5. The number of carbonyl (C=O) groups is 1. The van der Waals surface area contributed by atoms with Gasteiger partial charge in [0.15, 0.2) is 5.69 Å². The molecule has 0 aliphatic rings. The van der Waals surface area contributed by atoms with Crippen LogP contribution in [-0.2, 0) is 13.5 Å². The van der Waals surface area contributed by atoms with E-state index in [1.807, 2.05) is 12.4 Å². The maximum absolute atomic E-state index is 11.0. The summed E-state index contributed by atoms with van der Waals surface area (Å²) in [4.78, 5) is 11.0. The zero-order valence-corrected chi connectivity index (χ0v) is 8.24. The van der Waals surface area contributed by atoms with E-state index in [1.165, 1.54) is 4.68 Å². The Morgan fingerprint density at radius 1 is 1.71 bits per heavy atom. The number of hydrogen-bond donors (Lipinski definition) is 3. The molecule has 0 fully saturated rings. The van der Waals surface area contributed by atoms with Crippen molar-refractivity contribution in [1.82, 2.24) is 9.78 Å². The molecule has 0 radical (unpaired) electrons. The first kappa shape index (κ1) is 10.5. The minimum atomic E-state index is -0.612. The number of anilines is 1. The molecule has 0 spiro atoms. The molecule has 0 aliphatic carbocycles. The average molecular weight is 198 g/mol. The van der Waals surface area contributed by atoms with Crippen molar-refractivity contribution in [2.45, 2.75) is 19.8 Å². The summed E-state index contributed by atoms with van der Waals surface area (Å²) >= 11 is 0. The Morgan fingerprint density at radius 3 is 2.79 bits per heavy atom. The summed E-state index contributed by atoms with van der Waals surface area (Å²) in [6.07, 6.45) is 1.56. The van der Waals surface area contributed by atoms with Gasteiger partial charge in [0.25, 0.3) is 5.91 Å². The van der Waals surface area contributed by atoms with Crippen molar-refractivity contribution in [3.8, 4) is 0 Å². The number of primary amides is 1. The van der Waals surface area contributed by atoms with Gasteiger partial charge in [-0.25, -0.2) is 0 Å². The Hall–Kier alpha value is -1.56. The smallest absolute Gasteiger partial charge is 0.269 e. The third-order valence-electron chi connectivity index (χ3n) is 1.95. The van der Waals surface area contributed by atoms with E-state index in [9.17, 15) is 4.79 Å². The number of rotatable bonds is 4. The number of nitrogens with zero attached hydrogens (tertiary/aromatic N) is 2. The van der Waals surface area contributed by atoms with E-state index in [4.69, 9.17) is 10.9 Å². The molecule has 1 aromatic heterocycles. The highest BCUT2D eigenvalue weighted by molar-refractivity contribution is 5.97. The molecule has 0 aliphatic heterocycles. The Bertz CT molecular complexity index is 345. The van der Waals surface area contributed by atoms with Gasteiger partial charge in [-0.1, -0.05) is 13.3 Å². The monoisotopic (exact) mass is 198 g/mol. The van der Waals surface area contributed by atoms with Crippen LogP contribution in [0.1, 0.15) is 29.5 Å². The molecule has 0 bridgehead atoms. The summed E-state index contributed by atoms with van der Waals surface area (Å²) in [6, 6.07) is 0. The van der Waals surface area contributed by atoms with Gasteiger partial charge in [0.1, 0.15) is 5.69 Å². The molecular weight excluding hydrogens is 184 g/mol. The van der Waals surface area contributed by atoms with Crippen LogP contribution in [0.3, 0.4) is 0 Å². The van der Waals surface area contributed by atoms with Crippen molar-refractivity contribution in [3.63, 3.8) is 0 Å². The van der Waals surface area contributed by atoms with Crippen LogP contribution in [0.4, 0.5) is 5.69 Å². The van der Waals surface area contributed by atoms with E-state index >= 15 is 0 Å². The van der Waals surface area contributed by atoms with Gasteiger partial charge in [0.05, 0.1) is 5.69 Å². The number of aromatic nitrogens is 2. The van der Waals surface area contributed by atoms with Gasteiger partial charge in [0, 0.05) is 7.05 Å². The van der Waals surface area contributed by atoms with Crippen molar-refractivity contribution in [2.75, 3.05) is 5.48 Å². The minimum Gasteiger partial charge on any atom is -0.364 e. The lowest BCUT2D eigenvalue weighted by molar-refractivity contribution is 0.0991. The maximum Gasteiger partial charge on any atom is 0.269 e. The van der Waals surface area contributed by atoms with E-state index < -0.39 is 5.91 Å². The lowest BCUT2D eigenvalue weighted by Gasteiger charge is -2.00. The normalized spacial score (nSPS) is 10.2. The molecule has 1 aromatic rings. The first-order valence-electron chi connectivity index (χ1n) is 4.37. The molecule has 0 unspecified atom stereocenters. The maximum atomic E-state index is 11.0. The van der Waals surface area contributed by atoms with Crippen LogP contribution < -0.4 is 11.2 Å². The molecular formula is C8H14N4O2. The highest BCUT2D eigenvalue weighted by Crippen LogP contribution is 2.20. The lowest BCUT2D eigenvalue weighted by Crippen LogP contribution is -2.17. The van der Waals surface area contributed by atoms with Gasteiger partial charge in [-0.2, -0.15) is 5.10 Å². The molecule has 14 heavy (non-hydrogen) atoms. The second-order valence-electron chi connectivity index (χ2n) is 3.02. The van der Waals surface area contributed by atoms with E-state index in [1.54, 1.807) is 7.05 Å². The van der Waals surface area contributed by atoms with Crippen molar-refractivity contribution >= 4 is 11.6 Å². The quantitative estimate of drug-likeness (QED) is 0.605. The largest absolute Gasteiger partial charge is 0.364 e. The Kier molecular flexibility index (Phi) is 3.08. The van der Waals surface area contributed by atoms with Crippen LogP contribution in [0.25, 0.3) is 0 Å². The molecule has 1 amide bonds. The van der Waals surface area contributed by atoms with Crippen molar-refractivity contribution < 1.29 is 10.0 Å². The molecule has 0 saturated carbocycles. The summed E-state index contributed by atoms with van der Waals surface area (Å²) in [5.74, 6) is -0.612. The van der Waals surface area contributed by atoms with Crippen LogP contribution in [0.2, 0.25) is 0 Å². The summed E-state index contributed by atoms with van der Waals surface area (Å²) in [6.45, 7) is 1.99. The fourth-order valence-electron chi connectivity index (χ4n) is 1.39. The van der Waals surface area contributed by atoms with Gasteiger partial charge >= 0.3 is 0 Å². The summed E-state index contributed by atoms with van der Waals surface area (Å²) in [7, 11) is 1.61. The van der Waals surface area contributed by atoms with Crippen LogP contribution >= 0.6 is 0 Å². The fourth-order valence-corrected chi connectivity index (χ4v) is 1.39. The van der Waals surface area contributed by atoms with Crippen LogP contribution in [0.15, 0.2) is 0 Å². The molecule has 0 aromatic carbocycles. The van der Waals surface area contributed by atoms with E-state index in [2.05, 4.69) is 5.10 Å². The molecule has 1 rings (SSSR count). The van der Waals surface area contributed by atoms with Crippen molar-refractivity contribution in [3.05, 3.63) is 11.4 Å². The molecule has 1 heterocycles. The van der Waals surface area contributed by atoms with E-state index in [0.717, 1.165) is 6.42 Å².